The van der Waals surface area contributed by atoms with E-state index in [-0.39, 0.29) is 24.5 Å². The Labute approximate surface area is 176 Å². The SMILES string of the molecule is COc1ccc([C@@H](NC(=O)CN[C@@H](C)c2ccc(Cl)cc2)c2ccccc2)cc1. The number of hydrogen-bond acceptors (Lipinski definition) is 3. The van der Waals surface area contributed by atoms with Gasteiger partial charge in [-0.1, -0.05) is 66.2 Å². The van der Waals surface area contributed by atoms with E-state index in [1.165, 1.54) is 0 Å². The molecule has 29 heavy (non-hydrogen) atoms. The lowest BCUT2D eigenvalue weighted by molar-refractivity contribution is -0.120. The maximum atomic E-state index is 12.7. The second kappa shape index (κ2) is 10.1. The summed E-state index contributed by atoms with van der Waals surface area (Å²) < 4.78 is 5.24. The first kappa shape index (κ1) is 20.9. The van der Waals surface area contributed by atoms with Crippen molar-refractivity contribution in [3.05, 3.63) is 101 Å². The number of ether oxygens (including phenoxy) is 1. The average molecular weight is 409 g/mol. The van der Waals surface area contributed by atoms with Crippen LogP contribution in [-0.2, 0) is 4.79 Å². The van der Waals surface area contributed by atoms with Crippen LogP contribution >= 0.6 is 11.6 Å². The van der Waals surface area contributed by atoms with E-state index in [9.17, 15) is 4.79 Å². The summed E-state index contributed by atoms with van der Waals surface area (Å²) in [6, 6.07) is 25.1. The lowest BCUT2D eigenvalue weighted by atomic mass is 9.98. The molecule has 0 bridgehead atoms. The number of methoxy groups -OCH3 is 1. The van der Waals surface area contributed by atoms with Crippen LogP contribution in [0.1, 0.15) is 35.7 Å². The number of carbonyl (C=O) groups excluding carboxylic acids is 1. The third-order valence-corrected chi connectivity index (χ3v) is 5.08. The van der Waals surface area contributed by atoms with Crippen molar-refractivity contribution in [2.75, 3.05) is 13.7 Å². The number of nitrogens with one attached hydrogen (secondary N) is 2. The molecule has 3 aromatic carbocycles. The molecule has 0 saturated carbocycles. The van der Waals surface area contributed by atoms with Crippen LogP contribution in [-0.4, -0.2) is 19.6 Å². The predicted molar refractivity (Wildman–Crippen MR) is 117 cm³/mol. The standard InChI is InChI=1S/C24H25ClN2O2/c1-17(18-8-12-21(25)13-9-18)26-16-23(28)27-24(19-6-4-3-5-7-19)20-10-14-22(29-2)15-11-20/h3-15,17,24,26H,16H2,1-2H3,(H,27,28)/t17-,24-/m0/s1. The van der Waals surface area contributed by atoms with Crippen molar-refractivity contribution in [2.45, 2.75) is 19.0 Å². The minimum atomic E-state index is -0.234. The number of hydrogen-bond donors (Lipinski definition) is 2. The lowest BCUT2D eigenvalue weighted by Crippen LogP contribution is -2.37. The summed E-state index contributed by atoms with van der Waals surface area (Å²) >= 11 is 5.94. The van der Waals surface area contributed by atoms with Crippen LogP contribution in [0.15, 0.2) is 78.9 Å². The van der Waals surface area contributed by atoms with Crippen LogP contribution in [0, 0.1) is 0 Å². The minimum Gasteiger partial charge on any atom is -0.497 e. The molecule has 0 spiro atoms. The van der Waals surface area contributed by atoms with E-state index in [2.05, 4.69) is 10.6 Å². The van der Waals surface area contributed by atoms with Crippen molar-refractivity contribution in [3.63, 3.8) is 0 Å². The van der Waals surface area contributed by atoms with Gasteiger partial charge in [0.2, 0.25) is 5.91 Å². The molecule has 2 N–H and O–H groups in total. The Morgan fingerprint density at radius 3 is 2.10 bits per heavy atom. The van der Waals surface area contributed by atoms with Gasteiger partial charge in [0.25, 0.3) is 0 Å². The molecule has 0 aliphatic rings. The Morgan fingerprint density at radius 2 is 1.48 bits per heavy atom. The zero-order chi connectivity index (χ0) is 20.6. The highest BCUT2D eigenvalue weighted by molar-refractivity contribution is 6.30. The average Bonchev–Trinajstić information content (AvgIpc) is 2.77. The first-order chi connectivity index (χ1) is 14.1. The molecule has 3 aromatic rings. The van der Waals surface area contributed by atoms with Crippen molar-refractivity contribution in [2.24, 2.45) is 0 Å². The fraction of sp³-hybridized carbons (Fsp3) is 0.208. The van der Waals surface area contributed by atoms with E-state index in [0.717, 1.165) is 22.4 Å². The Hall–Kier alpha value is -2.82. The predicted octanol–water partition coefficient (Wildman–Crippen LogP) is 4.91. The molecule has 0 heterocycles. The third-order valence-electron chi connectivity index (χ3n) is 4.83. The van der Waals surface area contributed by atoms with Gasteiger partial charge in [-0.25, -0.2) is 0 Å². The highest BCUT2D eigenvalue weighted by Gasteiger charge is 2.17. The smallest absolute Gasteiger partial charge is 0.234 e. The van der Waals surface area contributed by atoms with E-state index in [1.807, 2.05) is 85.8 Å². The minimum absolute atomic E-state index is 0.0363. The van der Waals surface area contributed by atoms with Gasteiger partial charge in [-0.2, -0.15) is 0 Å². The van der Waals surface area contributed by atoms with Crippen LogP contribution in [0.3, 0.4) is 0 Å². The van der Waals surface area contributed by atoms with Gasteiger partial charge in [-0.05, 0) is 47.9 Å². The van der Waals surface area contributed by atoms with E-state index in [0.29, 0.717) is 5.02 Å². The summed E-state index contributed by atoms with van der Waals surface area (Å²) in [5.41, 5.74) is 3.10. The maximum absolute atomic E-state index is 12.7. The van der Waals surface area contributed by atoms with Crippen molar-refractivity contribution in [3.8, 4) is 5.75 Å². The van der Waals surface area contributed by atoms with Crippen LogP contribution in [0.25, 0.3) is 0 Å². The summed E-state index contributed by atoms with van der Waals surface area (Å²) in [7, 11) is 1.64. The molecule has 0 saturated heterocycles. The Balaban J connectivity index is 1.68. The Morgan fingerprint density at radius 1 is 0.897 bits per heavy atom. The van der Waals surface area contributed by atoms with E-state index < -0.39 is 0 Å². The summed E-state index contributed by atoms with van der Waals surface area (Å²) in [5, 5.41) is 7.11. The Kier molecular flexibility index (Phi) is 7.28. The second-order valence-electron chi connectivity index (χ2n) is 6.84. The summed E-state index contributed by atoms with van der Waals surface area (Å²) in [4.78, 5) is 12.7. The fourth-order valence-corrected chi connectivity index (χ4v) is 3.25. The van der Waals surface area contributed by atoms with E-state index in [4.69, 9.17) is 16.3 Å². The van der Waals surface area contributed by atoms with Gasteiger partial charge < -0.3 is 15.4 Å². The number of rotatable bonds is 8. The van der Waals surface area contributed by atoms with Crippen molar-refractivity contribution in [1.82, 2.24) is 10.6 Å². The highest BCUT2D eigenvalue weighted by atomic mass is 35.5. The molecule has 4 nitrogen and oxygen atoms in total. The topological polar surface area (TPSA) is 50.4 Å². The Bertz CT molecular complexity index is 912. The van der Waals surface area contributed by atoms with Crippen molar-refractivity contribution < 1.29 is 9.53 Å². The largest absolute Gasteiger partial charge is 0.497 e. The summed E-state index contributed by atoms with van der Waals surface area (Å²) in [5.74, 6) is 0.709. The second-order valence-corrected chi connectivity index (χ2v) is 7.27. The van der Waals surface area contributed by atoms with Gasteiger partial charge in [0.1, 0.15) is 5.75 Å². The van der Waals surface area contributed by atoms with Crippen molar-refractivity contribution >= 4 is 17.5 Å². The lowest BCUT2D eigenvalue weighted by Gasteiger charge is -2.21. The van der Waals surface area contributed by atoms with E-state index >= 15 is 0 Å². The molecule has 2 atom stereocenters. The molecule has 150 valence electrons. The molecule has 1 amide bonds. The zero-order valence-electron chi connectivity index (χ0n) is 16.6. The molecule has 0 aliphatic heterocycles. The summed E-state index contributed by atoms with van der Waals surface area (Å²) in [6.07, 6.45) is 0. The zero-order valence-corrected chi connectivity index (χ0v) is 17.3. The highest BCUT2D eigenvalue weighted by Crippen LogP contribution is 2.24. The molecular weight excluding hydrogens is 384 g/mol. The number of benzene rings is 3. The quantitative estimate of drug-likeness (QED) is 0.557. The van der Waals surface area contributed by atoms with Crippen LogP contribution in [0.2, 0.25) is 5.02 Å². The molecule has 5 heteroatoms. The first-order valence-electron chi connectivity index (χ1n) is 9.54. The van der Waals surface area contributed by atoms with E-state index in [1.54, 1.807) is 7.11 Å². The van der Waals surface area contributed by atoms with Gasteiger partial charge in [0.15, 0.2) is 0 Å². The van der Waals surface area contributed by atoms with Gasteiger partial charge in [0, 0.05) is 11.1 Å². The molecule has 0 aromatic heterocycles. The van der Waals surface area contributed by atoms with Gasteiger partial charge >= 0.3 is 0 Å². The van der Waals surface area contributed by atoms with Gasteiger partial charge in [-0.15, -0.1) is 0 Å². The van der Waals surface area contributed by atoms with Gasteiger partial charge in [0.05, 0.1) is 19.7 Å². The number of halogens is 1. The molecule has 0 aliphatic carbocycles. The van der Waals surface area contributed by atoms with Crippen LogP contribution < -0.4 is 15.4 Å². The van der Waals surface area contributed by atoms with Crippen LogP contribution in [0.5, 0.6) is 5.75 Å². The normalized spacial score (nSPS) is 12.8. The first-order valence-corrected chi connectivity index (χ1v) is 9.91. The molecule has 0 unspecified atom stereocenters. The third kappa shape index (κ3) is 5.83. The maximum Gasteiger partial charge on any atom is 0.234 e. The number of amides is 1. The molecule has 0 radical (unpaired) electrons. The van der Waals surface area contributed by atoms with Crippen molar-refractivity contribution in [1.29, 1.82) is 0 Å². The fourth-order valence-electron chi connectivity index (χ4n) is 3.13. The molecule has 3 rings (SSSR count). The molecular formula is C24H25ClN2O2. The monoisotopic (exact) mass is 408 g/mol. The number of carbonyl (C=O) groups is 1. The summed E-state index contributed by atoms with van der Waals surface area (Å²) in [6.45, 7) is 2.23. The molecule has 0 fully saturated rings. The van der Waals surface area contributed by atoms with Gasteiger partial charge in [-0.3, -0.25) is 4.79 Å². The van der Waals surface area contributed by atoms with Crippen LogP contribution in [0.4, 0.5) is 0 Å².